The zero-order valence-electron chi connectivity index (χ0n) is 13.2. The van der Waals surface area contributed by atoms with Gasteiger partial charge >= 0.3 is 0 Å². The molecule has 2 heterocycles. The van der Waals surface area contributed by atoms with Gasteiger partial charge in [-0.2, -0.15) is 11.3 Å². The van der Waals surface area contributed by atoms with E-state index in [2.05, 4.69) is 16.1 Å². The Hall–Kier alpha value is -1.36. The molecular formula is C16H24N2O2S. The van der Waals surface area contributed by atoms with Gasteiger partial charge in [0.2, 0.25) is 11.8 Å². The quantitative estimate of drug-likeness (QED) is 0.909. The number of thiophene rings is 1. The van der Waals surface area contributed by atoms with Gasteiger partial charge in [0, 0.05) is 6.54 Å². The van der Waals surface area contributed by atoms with Crippen LogP contribution in [0, 0.1) is 12.8 Å². The number of hydrogen-bond acceptors (Lipinski definition) is 3. The van der Waals surface area contributed by atoms with Crippen LogP contribution in [0.4, 0.5) is 0 Å². The second kappa shape index (κ2) is 6.60. The van der Waals surface area contributed by atoms with Crippen LogP contribution in [0.15, 0.2) is 10.8 Å². The van der Waals surface area contributed by atoms with Crippen LogP contribution in [-0.2, 0) is 16.1 Å². The van der Waals surface area contributed by atoms with E-state index >= 15 is 0 Å². The van der Waals surface area contributed by atoms with Crippen molar-refractivity contribution in [2.45, 2.75) is 59.2 Å². The minimum atomic E-state index is -0.385. The molecule has 1 aromatic rings. The third kappa shape index (κ3) is 3.12. The molecule has 1 aromatic heterocycles. The van der Waals surface area contributed by atoms with Crippen LogP contribution in [0.3, 0.4) is 0 Å². The Morgan fingerprint density at radius 2 is 2.05 bits per heavy atom. The Labute approximate surface area is 130 Å². The average molecular weight is 308 g/mol. The minimum absolute atomic E-state index is 0.0183. The molecule has 0 aliphatic carbocycles. The number of carbonyl (C=O) groups is 2. The minimum Gasteiger partial charge on any atom is -0.342 e. The zero-order valence-corrected chi connectivity index (χ0v) is 14.0. The molecule has 2 amide bonds. The highest BCUT2D eigenvalue weighted by Gasteiger charge is 2.41. The monoisotopic (exact) mass is 308 g/mol. The van der Waals surface area contributed by atoms with E-state index < -0.39 is 0 Å². The van der Waals surface area contributed by atoms with Crippen molar-refractivity contribution in [3.63, 3.8) is 0 Å². The first kappa shape index (κ1) is 16.0. The molecule has 1 aliphatic rings. The number of carbonyl (C=O) groups excluding carboxylic acids is 2. The molecular weight excluding hydrogens is 284 g/mol. The number of amides is 2. The van der Waals surface area contributed by atoms with Crippen molar-refractivity contribution in [2.24, 2.45) is 5.92 Å². The van der Waals surface area contributed by atoms with Crippen LogP contribution >= 0.6 is 11.3 Å². The molecule has 0 radical (unpaired) electrons. The molecule has 116 valence electrons. The maximum absolute atomic E-state index is 12.8. The van der Waals surface area contributed by atoms with Gasteiger partial charge < -0.3 is 10.2 Å². The molecule has 1 fully saturated rings. The van der Waals surface area contributed by atoms with Gasteiger partial charge in [0.05, 0.1) is 0 Å². The van der Waals surface area contributed by atoms with Gasteiger partial charge in [0.15, 0.2) is 0 Å². The molecule has 2 rings (SSSR count). The van der Waals surface area contributed by atoms with Gasteiger partial charge in [-0.1, -0.05) is 27.2 Å². The van der Waals surface area contributed by atoms with Crippen LogP contribution in [0.5, 0.6) is 0 Å². The highest BCUT2D eigenvalue weighted by Crippen LogP contribution is 2.24. The summed E-state index contributed by atoms with van der Waals surface area (Å²) in [5, 5.41) is 7.06. The summed E-state index contributed by atoms with van der Waals surface area (Å²) < 4.78 is 0. The fourth-order valence-corrected chi connectivity index (χ4v) is 3.58. The molecule has 3 unspecified atom stereocenters. The van der Waals surface area contributed by atoms with Crippen LogP contribution < -0.4 is 5.32 Å². The summed E-state index contributed by atoms with van der Waals surface area (Å²) in [7, 11) is 0. The molecule has 0 aromatic carbocycles. The fraction of sp³-hybridized carbons (Fsp3) is 0.625. The lowest BCUT2D eigenvalue weighted by Crippen LogP contribution is -2.64. The molecule has 0 saturated carbocycles. The molecule has 21 heavy (non-hydrogen) atoms. The Morgan fingerprint density at radius 1 is 1.33 bits per heavy atom. The summed E-state index contributed by atoms with van der Waals surface area (Å²) in [6, 6.07) is -0.735. The van der Waals surface area contributed by atoms with E-state index in [0.29, 0.717) is 13.0 Å². The SMILES string of the molecule is CCC(C)C1NC(=O)C(CC)N(Cc2cscc2C)C1=O. The predicted octanol–water partition coefficient (Wildman–Crippen LogP) is 2.71. The molecule has 0 spiro atoms. The van der Waals surface area contributed by atoms with Crippen molar-refractivity contribution in [1.82, 2.24) is 10.2 Å². The summed E-state index contributed by atoms with van der Waals surface area (Å²) in [5.41, 5.74) is 2.33. The second-order valence-corrected chi connectivity index (χ2v) is 6.59. The number of piperazine rings is 1. The zero-order chi connectivity index (χ0) is 15.6. The summed E-state index contributed by atoms with van der Waals surface area (Å²) in [4.78, 5) is 26.9. The first-order valence-electron chi connectivity index (χ1n) is 7.62. The summed E-state index contributed by atoms with van der Waals surface area (Å²) in [6.45, 7) is 8.60. The van der Waals surface area contributed by atoms with E-state index in [9.17, 15) is 9.59 Å². The van der Waals surface area contributed by atoms with Crippen LogP contribution in [0.2, 0.25) is 0 Å². The van der Waals surface area contributed by atoms with Crippen LogP contribution in [0.1, 0.15) is 44.7 Å². The molecule has 1 aliphatic heterocycles. The lowest BCUT2D eigenvalue weighted by molar-refractivity contribution is -0.151. The van der Waals surface area contributed by atoms with Gasteiger partial charge in [-0.15, -0.1) is 0 Å². The predicted molar refractivity (Wildman–Crippen MR) is 85.1 cm³/mol. The maximum Gasteiger partial charge on any atom is 0.246 e. The van der Waals surface area contributed by atoms with Crippen molar-refractivity contribution >= 4 is 23.2 Å². The first-order chi connectivity index (χ1) is 9.99. The van der Waals surface area contributed by atoms with Gasteiger partial charge in [0.25, 0.3) is 0 Å². The summed E-state index contributed by atoms with van der Waals surface area (Å²) in [6.07, 6.45) is 1.52. The Balaban J connectivity index is 2.26. The number of hydrogen-bond donors (Lipinski definition) is 1. The van der Waals surface area contributed by atoms with Crippen LogP contribution in [-0.4, -0.2) is 28.8 Å². The van der Waals surface area contributed by atoms with Gasteiger partial charge in [-0.25, -0.2) is 0 Å². The maximum atomic E-state index is 12.8. The summed E-state index contributed by atoms with van der Waals surface area (Å²) in [5.74, 6) is 0.196. The van der Waals surface area contributed by atoms with E-state index in [4.69, 9.17) is 0 Å². The average Bonchev–Trinajstić information content (AvgIpc) is 2.87. The van der Waals surface area contributed by atoms with E-state index in [1.165, 1.54) is 5.56 Å². The van der Waals surface area contributed by atoms with Crippen molar-refractivity contribution in [2.75, 3.05) is 0 Å². The van der Waals surface area contributed by atoms with E-state index in [1.54, 1.807) is 16.2 Å². The lowest BCUT2D eigenvalue weighted by Gasteiger charge is -2.40. The fourth-order valence-electron chi connectivity index (χ4n) is 2.73. The molecule has 0 bridgehead atoms. The topological polar surface area (TPSA) is 49.4 Å². The van der Waals surface area contributed by atoms with Gasteiger partial charge in [-0.3, -0.25) is 9.59 Å². The van der Waals surface area contributed by atoms with E-state index in [0.717, 1.165) is 12.0 Å². The van der Waals surface area contributed by atoms with Crippen molar-refractivity contribution < 1.29 is 9.59 Å². The molecule has 1 N–H and O–H groups in total. The first-order valence-corrected chi connectivity index (χ1v) is 8.56. The largest absolute Gasteiger partial charge is 0.342 e. The van der Waals surface area contributed by atoms with Crippen molar-refractivity contribution in [3.05, 3.63) is 21.9 Å². The standard InChI is InChI=1S/C16H24N2O2S/c1-5-10(3)14-16(20)18(13(6-2)15(19)17-14)7-12-9-21-8-11(12)4/h8-10,13-14H,5-7H2,1-4H3,(H,17,19). The highest BCUT2D eigenvalue weighted by molar-refractivity contribution is 7.08. The summed E-state index contributed by atoms with van der Waals surface area (Å²) >= 11 is 1.64. The van der Waals surface area contributed by atoms with E-state index in [-0.39, 0.29) is 29.8 Å². The molecule has 4 nitrogen and oxygen atoms in total. The molecule has 5 heteroatoms. The van der Waals surface area contributed by atoms with Crippen LogP contribution in [0.25, 0.3) is 0 Å². The Morgan fingerprint density at radius 3 is 2.57 bits per heavy atom. The molecule has 1 saturated heterocycles. The lowest BCUT2D eigenvalue weighted by atomic mass is 9.93. The van der Waals surface area contributed by atoms with Gasteiger partial charge in [0.1, 0.15) is 12.1 Å². The van der Waals surface area contributed by atoms with Gasteiger partial charge in [-0.05, 0) is 41.1 Å². The Bertz CT molecular complexity index is 526. The van der Waals surface area contributed by atoms with Crippen molar-refractivity contribution in [3.8, 4) is 0 Å². The highest BCUT2D eigenvalue weighted by atomic mass is 32.1. The Kier molecular flexibility index (Phi) is 5.04. The number of nitrogens with one attached hydrogen (secondary N) is 1. The molecule has 3 atom stereocenters. The number of nitrogens with zero attached hydrogens (tertiary/aromatic N) is 1. The van der Waals surface area contributed by atoms with E-state index in [1.807, 2.05) is 27.7 Å². The smallest absolute Gasteiger partial charge is 0.246 e. The number of aryl methyl sites for hydroxylation is 1. The third-order valence-electron chi connectivity index (χ3n) is 4.43. The van der Waals surface area contributed by atoms with Crippen molar-refractivity contribution in [1.29, 1.82) is 0 Å². The third-order valence-corrected chi connectivity index (χ3v) is 5.34. The normalized spacial score (nSPS) is 24.1. The number of rotatable bonds is 5. The second-order valence-electron chi connectivity index (χ2n) is 5.84.